The first-order valence-electron chi connectivity index (χ1n) is 2.62. The van der Waals surface area contributed by atoms with Gasteiger partial charge in [-0.05, 0) is 69.8 Å². The van der Waals surface area contributed by atoms with E-state index in [1.807, 2.05) is 0 Å². The number of hydrogen-bond acceptors (Lipinski definition) is 0. The van der Waals surface area contributed by atoms with Gasteiger partial charge in [0.15, 0.2) is 0 Å². The summed E-state index contributed by atoms with van der Waals surface area (Å²) in [6, 6.07) is 6.33. The van der Waals surface area contributed by atoms with E-state index in [-0.39, 0.29) is 0 Å². The first-order valence-corrected chi connectivity index (χ1v) is 4.78. The molecule has 2 heteroatoms. The molecule has 0 aliphatic carbocycles. The number of halogens is 2. The van der Waals surface area contributed by atoms with Crippen molar-refractivity contribution in [1.82, 2.24) is 0 Å². The molecule has 0 radical (unpaired) electrons. The summed E-state index contributed by atoms with van der Waals surface area (Å²) in [6.07, 6.45) is 0. The molecule has 0 saturated heterocycles. The molecule has 0 aromatic heterocycles. The van der Waals surface area contributed by atoms with Crippen LogP contribution in [0.5, 0.6) is 0 Å². The largest absolute Gasteiger partial charge is 0.0601 e. The predicted molar refractivity (Wildman–Crippen MR) is 56.6 cm³/mol. The van der Waals surface area contributed by atoms with Gasteiger partial charge in [0.05, 0.1) is 0 Å². The third-order valence-electron chi connectivity index (χ3n) is 1.20. The van der Waals surface area contributed by atoms with Gasteiger partial charge in [-0.3, -0.25) is 0 Å². The van der Waals surface area contributed by atoms with E-state index in [1.54, 1.807) is 0 Å². The van der Waals surface area contributed by atoms with Crippen LogP contribution in [0.2, 0.25) is 0 Å². The highest BCUT2D eigenvalue weighted by Gasteiger charge is 1.94. The van der Waals surface area contributed by atoms with Gasteiger partial charge in [-0.15, -0.1) is 0 Å². The maximum atomic E-state index is 2.35. The monoisotopic (exact) mass is 344 g/mol. The SMILES string of the molecule is Cc1c(I)cccc1I. The summed E-state index contributed by atoms with van der Waals surface area (Å²) in [4.78, 5) is 0. The Morgan fingerprint density at radius 2 is 1.56 bits per heavy atom. The molecule has 0 aliphatic heterocycles. The second kappa shape index (κ2) is 3.18. The topological polar surface area (TPSA) is 0 Å². The van der Waals surface area contributed by atoms with Crippen LogP contribution in [0.25, 0.3) is 0 Å². The van der Waals surface area contributed by atoms with E-state index in [9.17, 15) is 0 Å². The fourth-order valence-corrected chi connectivity index (χ4v) is 2.09. The molecule has 0 N–H and O–H groups in total. The molecule has 0 heterocycles. The van der Waals surface area contributed by atoms with Crippen LogP contribution in [0, 0.1) is 14.1 Å². The van der Waals surface area contributed by atoms with Gasteiger partial charge >= 0.3 is 0 Å². The summed E-state index contributed by atoms with van der Waals surface area (Å²) in [5, 5.41) is 0. The number of hydrogen-bond donors (Lipinski definition) is 0. The Kier molecular flexibility index (Phi) is 2.75. The minimum Gasteiger partial charge on any atom is -0.0601 e. The number of benzene rings is 1. The summed E-state index contributed by atoms with van der Waals surface area (Å²) in [5.74, 6) is 0. The van der Waals surface area contributed by atoms with E-state index in [0.717, 1.165) is 0 Å². The molecular weight excluding hydrogens is 338 g/mol. The van der Waals surface area contributed by atoms with Crippen LogP contribution < -0.4 is 0 Å². The summed E-state index contributed by atoms with van der Waals surface area (Å²) < 4.78 is 2.69. The molecule has 0 saturated carbocycles. The molecule has 0 bridgehead atoms. The third kappa shape index (κ3) is 1.80. The first kappa shape index (κ1) is 7.78. The zero-order valence-electron chi connectivity index (χ0n) is 4.99. The summed E-state index contributed by atoms with van der Waals surface area (Å²) in [5.41, 5.74) is 1.39. The lowest BCUT2D eigenvalue weighted by atomic mass is 10.2. The zero-order valence-corrected chi connectivity index (χ0v) is 9.30. The van der Waals surface area contributed by atoms with Gasteiger partial charge < -0.3 is 0 Å². The van der Waals surface area contributed by atoms with Crippen LogP contribution in [0.15, 0.2) is 18.2 Å². The standard InChI is InChI=1S/C7H6I2/c1-5-6(8)3-2-4-7(5)9/h2-4H,1H3. The highest BCUT2D eigenvalue weighted by atomic mass is 127. The normalized spacial score (nSPS) is 9.67. The highest BCUT2D eigenvalue weighted by molar-refractivity contribution is 14.1. The van der Waals surface area contributed by atoms with Crippen LogP contribution >= 0.6 is 45.2 Å². The molecule has 9 heavy (non-hydrogen) atoms. The lowest BCUT2D eigenvalue weighted by Gasteiger charge is -1.97. The van der Waals surface area contributed by atoms with Gasteiger partial charge in [0.2, 0.25) is 0 Å². The molecule has 1 rings (SSSR count). The smallest absolute Gasteiger partial charge is 0.0170 e. The van der Waals surface area contributed by atoms with E-state index in [1.165, 1.54) is 12.7 Å². The van der Waals surface area contributed by atoms with Gasteiger partial charge in [0.25, 0.3) is 0 Å². The minimum absolute atomic E-state index is 1.35. The van der Waals surface area contributed by atoms with Crippen molar-refractivity contribution in [2.45, 2.75) is 6.92 Å². The Morgan fingerprint density at radius 1 is 1.11 bits per heavy atom. The Labute approximate surface area is 82.3 Å². The van der Waals surface area contributed by atoms with Crippen molar-refractivity contribution in [3.8, 4) is 0 Å². The Balaban J connectivity index is 3.25. The van der Waals surface area contributed by atoms with Crippen molar-refractivity contribution in [3.63, 3.8) is 0 Å². The molecule has 1 aromatic carbocycles. The molecule has 0 amide bonds. The molecular formula is C7H6I2. The lowest BCUT2D eigenvalue weighted by molar-refractivity contribution is 1.39. The maximum Gasteiger partial charge on any atom is 0.0170 e. The van der Waals surface area contributed by atoms with Gasteiger partial charge in [-0.2, -0.15) is 0 Å². The van der Waals surface area contributed by atoms with Gasteiger partial charge in [0, 0.05) is 7.14 Å². The van der Waals surface area contributed by atoms with Crippen molar-refractivity contribution < 1.29 is 0 Å². The van der Waals surface area contributed by atoms with Crippen LogP contribution in [-0.4, -0.2) is 0 Å². The van der Waals surface area contributed by atoms with Crippen molar-refractivity contribution in [2.75, 3.05) is 0 Å². The minimum atomic E-state index is 1.35. The van der Waals surface area contributed by atoms with Gasteiger partial charge in [-0.25, -0.2) is 0 Å². The highest BCUT2D eigenvalue weighted by Crippen LogP contribution is 2.16. The summed E-state index contributed by atoms with van der Waals surface area (Å²) in [6.45, 7) is 2.14. The van der Waals surface area contributed by atoms with Crippen molar-refractivity contribution in [1.29, 1.82) is 0 Å². The molecule has 0 unspecified atom stereocenters. The molecule has 0 nitrogen and oxygen atoms in total. The maximum absolute atomic E-state index is 2.35. The second-order valence-electron chi connectivity index (χ2n) is 1.85. The van der Waals surface area contributed by atoms with E-state index in [2.05, 4.69) is 70.3 Å². The quantitative estimate of drug-likeness (QED) is 0.635. The summed E-state index contributed by atoms with van der Waals surface area (Å²) >= 11 is 4.69. The molecule has 0 fully saturated rings. The molecule has 0 atom stereocenters. The Hall–Kier alpha value is 0.680. The van der Waals surface area contributed by atoms with Crippen molar-refractivity contribution in [2.24, 2.45) is 0 Å². The number of rotatable bonds is 0. The Bertz CT molecular complexity index is 198. The summed E-state index contributed by atoms with van der Waals surface area (Å²) in [7, 11) is 0. The van der Waals surface area contributed by atoms with E-state index >= 15 is 0 Å². The fourth-order valence-electron chi connectivity index (χ4n) is 0.581. The lowest BCUT2D eigenvalue weighted by Crippen LogP contribution is -1.82. The average molecular weight is 344 g/mol. The van der Waals surface area contributed by atoms with E-state index in [0.29, 0.717) is 0 Å². The van der Waals surface area contributed by atoms with E-state index in [4.69, 9.17) is 0 Å². The molecule has 48 valence electrons. The second-order valence-corrected chi connectivity index (χ2v) is 4.17. The van der Waals surface area contributed by atoms with Crippen LogP contribution in [0.3, 0.4) is 0 Å². The van der Waals surface area contributed by atoms with Crippen molar-refractivity contribution >= 4 is 45.2 Å². The third-order valence-corrected chi connectivity index (χ3v) is 3.54. The van der Waals surface area contributed by atoms with Crippen LogP contribution in [0.4, 0.5) is 0 Å². The zero-order chi connectivity index (χ0) is 6.85. The molecule has 1 aromatic rings. The van der Waals surface area contributed by atoms with Gasteiger partial charge in [0.1, 0.15) is 0 Å². The van der Waals surface area contributed by atoms with Crippen LogP contribution in [0.1, 0.15) is 5.56 Å². The average Bonchev–Trinajstić information content (AvgIpc) is 1.83. The van der Waals surface area contributed by atoms with Gasteiger partial charge in [-0.1, -0.05) is 6.07 Å². The Morgan fingerprint density at radius 3 is 1.89 bits per heavy atom. The van der Waals surface area contributed by atoms with E-state index < -0.39 is 0 Å². The molecule has 0 aliphatic rings. The first-order chi connectivity index (χ1) is 4.22. The fraction of sp³-hybridized carbons (Fsp3) is 0.143. The molecule has 0 spiro atoms. The van der Waals surface area contributed by atoms with Crippen molar-refractivity contribution in [3.05, 3.63) is 30.9 Å². The van der Waals surface area contributed by atoms with Crippen LogP contribution in [-0.2, 0) is 0 Å². The predicted octanol–water partition coefficient (Wildman–Crippen LogP) is 3.20.